The number of aromatic nitrogens is 4. The van der Waals surface area contributed by atoms with Crippen molar-refractivity contribution in [3.05, 3.63) is 35.0 Å². The summed E-state index contributed by atoms with van der Waals surface area (Å²) in [5, 5.41) is 5.25. The molecule has 0 amide bonds. The Hall–Kier alpha value is -1.39. The lowest BCUT2D eigenvalue weighted by atomic mass is 10.2. The van der Waals surface area contributed by atoms with Crippen molar-refractivity contribution in [2.24, 2.45) is 0 Å². The summed E-state index contributed by atoms with van der Waals surface area (Å²) >= 11 is 12.4. The summed E-state index contributed by atoms with van der Waals surface area (Å²) in [7, 11) is 0. The van der Waals surface area contributed by atoms with Gasteiger partial charge in [-0.3, -0.25) is 0 Å². The van der Waals surface area contributed by atoms with Crippen molar-refractivity contribution in [2.45, 2.75) is 19.2 Å². The molecule has 0 radical (unpaired) electrons. The topological polar surface area (TPSA) is 43.1 Å². The third-order valence-corrected chi connectivity index (χ3v) is 3.26. The second kappa shape index (κ2) is 4.07. The maximum atomic E-state index is 6.20. The predicted octanol–water partition coefficient (Wildman–Crippen LogP) is 3.54. The van der Waals surface area contributed by atoms with Gasteiger partial charge < -0.3 is 0 Å². The Labute approximate surface area is 114 Å². The van der Waals surface area contributed by atoms with Crippen LogP contribution in [0, 0.1) is 6.92 Å². The molecule has 1 atom stereocenters. The van der Waals surface area contributed by atoms with Crippen LogP contribution in [0.3, 0.4) is 0 Å². The molecular weight excluding hydrogens is 271 g/mol. The van der Waals surface area contributed by atoms with Crippen LogP contribution in [0.2, 0.25) is 5.15 Å². The van der Waals surface area contributed by atoms with Crippen LogP contribution in [0.15, 0.2) is 18.3 Å². The number of hydrogen-bond donors (Lipinski definition) is 0. The molecular formula is C12H10Cl2N4. The van der Waals surface area contributed by atoms with Gasteiger partial charge in [-0.05, 0) is 26.0 Å². The molecule has 0 aromatic carbocycles. The fourth-order valence-electron chi connectivity index (χ4n) is 2.05. The quantitative estimate of drug-likeness (QED) is 0.506. The lowest BCUT2D eigenvalue weighted by molar-refractivity contribution is 0.806. The molecule has 0 aliphatic carbocycles. The Bertz CT molecular complexity index is 748. The number of hydrogen-bond acceptors (Lipinski definition) is 3. The van der Waals surface area contributed by atoms with E-state index in [1.54, 1.807) is 10.7 Å². The molecule has 1 unspecified atom stereocenters. The normalized spacial score (nSPS) is 13.3. The summed E-state index contributed by atoms with van der Waals surface area (Å²) in [6.07, 6.45) is 1.70. The van der Waals surface area contributed by atoms with E-state index in [0.717, 1.165) is 22.1 Å². The van der Waals surface area contributed by atoms with Crippen molar-refractivity contribution in [1.82, 2.24) is 19.6 Å². The molecule has 0 saturated carbocycles. The minimum absolute atomic E-state index is 0.232. The minimum Gasteiger partial charge on any atom is -0.241 e. The fraction of sp³-hybridized carbons (Fsp3) is 0.250. The monoisotopic (exact) mass is 280 g/mol. The summed E-state index contributed by atoms with van der Waals surface area (Å²) in [4.78, 5) is 8.80. The van der Waals surface area contributed by atoms with Gasteiger partial charge in [0.1, 0.15) is 11.0 Å². The highest BCUT2D eigenvalue weighted by Crippen LogP contribution is 2.29. The molecule has 18 heavy (non-hydrogen) atoms. The van der Waals surface area contributed by atoms with Gasteiger partial charge in [0, 0.05) is 5.69 Å². The van der Waals surface area contributed by atoms with E-state index in [0.29, 0.717) is 11.0 Å². The van der Waals surface area contributed by atoms with Crippen LogP contribution in [0.4, 0.5) is 0 Å². The SMILES string of the molecule is Cc1cc2nc(C(C)Cl)n3nccc3c2c(Cl)n1. The maximum absolute atomic E-state index is 6.20. The smallest absolute Gasteiger partial charge is 0.148 e. The molecule has 4 nitrogen and oxygen atoms in total. The summed E-state index contributed by atoms with van der Waals surface area (Å²) in [6.45, 7) is 3.75. The van der Waals surface area contributed by atoms with E-state index in [2.05, 4.69) is 15.1 Å². The van der Waals surface area contributed by atoms with Gasteiger partial charge in [-0.1, -0.05) is 11.6 Å². The van der Waals surface area contributed by atoms with Gasteiger partial charge in [0.2, 0.25) is 0 Å². The van der Waals surface area contributed by atoms with Crippen LogP contribution in [0.25, 0.3) is 16.4 Å². The Morgan fingerprint density at radius 1 is 1.33 bits per heavy atom. The highest BCUT2D eigenvalue weighted by molar-refractivity contribution is 6.35. The third kappa shape index (κ3) is 1.64. The van der Waals surface area contributed by atoms with E-state index in [1.165, 1.54) is 0 Å². The number of fused-ring (bicyclic) bond motifs is 3. The Balaban J connectivity index is 2.55. The Morgan fingerprint density at radius 3 is 2.83 bits per heavy atom. The number of rotatable bonds is 1. The molecule has 0 spiro atoms. The molecule has 0 N–H and O–H groups in total. The molecule has 3 aromatic rings. The minimum atomic E-state index is -0.232. The number of alkyl halides is 1. The molecule has 3 heterocycles. The van der Waals surface area contributed by atoms with Crippen molar-refractivity contribution >= 4 is 39.6 Å². The zero-order valence-electron chi connectivity index (χ0n) is 9.85. The standard InChI is InChI=1S/C12H10Cl2N4/c1-6-5-8-10(11(14)16-6)9-3-4-15-18(9)12(17-8)7(2)13/h3-5,7H,1-2H3. The second-order valence-corrected chi connectivity index (χ2v) is 5.18. The van der Waals surface area contributed by atoms with Crippen LogP contribution in [-0.2, 0) is 0 Å². The molecule has 0 bridgehead atoms. The van der Waals surface area contributed by atoms with Crippen molar-refractivity contribution < 1.29 is 0 Å². The van der Waals surface area contributed by atoms with Gasteiger partial charge in [-0.2, -0.15) is 5.10 Å². The molecule has 3 aromatic heterocycles. The van der Waals surface area contributed by atoms with Gasteiger partial charge in [-0.25, -0.2) is 14.5 Å². The first-order chi connectivity index (χ1) is 8.58. The van der Waals surface area contributed by atoms with Crippen LogP contribution in [-0.4, -0.2) is 19.6 Å². The van der Waals surface area contributed by atoms with Gasteiger partial charge >= 0.3 is 0 Å². The average molecular weight is 281 g/mol. The first kappa shape index (κ1) is 11.7. The van der Waals surface area contributed by atoms with Gasteiger partial charge in [0.05, 0.1) is 28.0 Å². The number of halogens is 2. The Kier molecular flexibility index (Phi) is 2.64. The van der Waals surface area contributed by atoms with Crippen molar-refractivity contribution in [2.75, 3.05) is 0 Å². The van der Waals surface area contributed by atoms with Crippen LogP contribution >= 0.6 is 23.2 Å². The van der Waals surface area contributed by atoms with E-state index in [1.807, 2.05) is 26.0 Å². The zero-order chi connectivity index (χ0) is 12.9. The zero-order valence-corrected chi connectivity index (χ0v) is 11.4. The molecule has 6 heteroatoms. The van der Waals surface area contributed by atoms with Crippen molar-refractivity contribution in [3.8, 4) is 0 Å². The molecule has 0 aliphatic heterocycles. The molecule has 3 rings (SSSR count). The number of nitrogens with zero attached hydrogens (tertiary/aromatic N) is 4. The summed E-state index contributed by atoms with van der Waals surface area (Å²) in [6, 6.07) is 3.78. The first-order valence-corrected chi connectivity index (χ1v) is 6.34. The molecule has 0 saturated heterocycles. The average Bonchev–Trinajstić information content (AvgIpc) is 2.75. The van der Waals surface area contributed by atoms with E-state index in [9.17, 15) is 0 Å². The van der Waals surface area contributed by atoms with Crippen LogP contribution in [0.1, 0.15) is 23.8 Å². The molecule has 0 fully saturated rings. The third-order valence-electron chi connectivity index (χ3n) is 2.79. The van der Waals surface area contributed by atoms with Gasteiger partial charge in [0.25, 0.3) is 0 Å². The van der Waals surface area contributed by atoms with E-state index < -0.39 is 0 Å². The Morgan fingerprint density at radius 2 is 2.11 bits per heavy atom. The van der Waals surface area contributed by atoms with Crippen LogP contribution < -0.4 is 0 Å². The second-order valence-electron chi connectivity index (χ2n) is 4.16. The molecule has 0 aliphatic rings. The highest BCUT2D eigenvalue weighted by Gasteiger charge is 2.15. The first-order valence-electron chi connectivity index (χ1n) is 5.52. The summed E-state index contributed by atoms with van der Waals surface area (Å²) < 4.78 is 1.71. The van der Waals surface area contributed by atoms with Crippen molar-refractivity contribution in [1.29, 1.82) is 0 Å². The van der Waals surface area contributed by atoms with E-state index >= 15 is 0 Å². The molecule has 92 valence electrons. The lowest BCUT2D eigenvalue weighted by Crippen LogP contribution is -2.04. The predicted molar refractivity (Wildman–Crippen MR) is 72.3 cm³/mol. The van der Waals surface area contributed by atoms with E-state index in [4.69, 9.17) is 23.2 Å². The fourth-order valence-corrected chi connectivity index (χ4v) is 2.52. The van der Waals surface area contributed by atoms with Crippen LogP contribution in [0.5, 0.6) is 0 Å². The lowest BCUT2D eigenvalue weighted by Gasteiger charge is -2.10. The summed E-state index contributed by atoms with van der Waals surface area (Å²) in [5.74, 6) is 0.700. The number of pyridine rings is 1. The largest absolute Gasteiger partial charge is 0.241 e. The van der Waals surface area contributed by atoms with Gasteiger partial charge in [-0.15, -0.1) is 11.6 Å². The number of aryl methyl sites for hydroxylation is 1. The highest BCUT2D eigenvalue weighted by atomic mass is 35.5. The van der Waals surface area contributed by atoms with E-state index in [-0.39, 0.29) is 5.38 Å². The van der Waals surface area contributed by atoms with Crippen molar-refractivity contribution in [3.63, 3.8) is 0 Å². The maximum Gasteiger partial charge on any atom is 0.148 e. The summed E-state index contributed by atoms with van der Waals surface area (Å²) in [5.41, 5.74) is 2.50. The van der Waals surface area contributed by atoms with Gasteiger partial charge in [0.15, 0.2) is 0 Å².